The van der Waals surface area contributed by atoms with Crippen LogP contribution in [0.25, 0.3) is 52.5 Å². The maximum absolute atomic E-state index is 2.41. The lowest BCUT2D eigenvalue weighted by molar-refractivity contribution is 0.600. The molecule has 0 aliphatic rings. The van der Waals surface area contributed by atoms with Crippen molar-refractivity contribution in [3.8, 4) is 21.6 Å². The van der Waals surface area contributed by atoms with Gasteiger partial charge in [0.2, 0.25) is 0 Å². The van der Waals surface area contributed by atoms with Crippen LogP contribution in [0.1, 0.15) is 83.3 Å². The number of rotatable bonds is 2. The molecular formula is C36H40S4. The lowest BCUT2D eigenvalue weighted by Gasteiger charge is -2.19. The molecule has 0 amide bonds. The third-order valence-corrected chi connectivity index (χ3v) is 13.7. The summed E-state index contributed by atoms with van der Waals surface area (Å²) in [4.78, 5) is 7.15. The number of aryl methyl sites for hydroxylation is 6. The summed E-state index contributed by atoms with van der Waals surface area (Å²) >= 11 is 7.90. The van der Waals surface area contributed by atoms with Gasteiger partial charge in [-0.2, -0.15) is 0 Å². The lowest BCUT2D eigenvalue weighted by Crippen LogP contribution is -2.09. The van der Waals surface area contributed by atoms with Gasteiger partial charge in [0, 0.05) is 50.1 Å². The molecule has 208 valence electrons. The predicted octanol–water partition coefficient (Wildman–Crippen LogP) is 13.2. The first kappa shape index (κ1) is 28.2. The van der Waals surface area contributed by atoms with E-state index < -0.39 is 0 Å². The molecule has 0 radical (unpaired) electrons. The molecule has 0 unspecified atom stereocenters. The Kier molecular flexibility index (Phi) is 6.52. The van der Waals surface area contributed by atoms with Gasteiger partial charge < -0.3 is 0 Å². The summed E-state index contributed by atoms with van der Waals surface area (Å²) in [6, 6.07) is 7.08. The molecular weight excluding hydrogens is 561 g/mol. The molecule has 0 N–H and O–H groups in total. The predicted molar refractivity (Wildman–Crippen MR) is 187 cm³/mol. The van der Waals surface area contributed by atoms with E-state index in [0.717, 1.165) is 0 Å². The number of hydrogen-bond acceptors (Lipinski definition) is 4. The maximum Gasteiger partial charge on any atom is 0.0437 e. The standard InChI is InChI=1S/C36H40S4/c1-17-13-14-24(38-17)28-20(4)26-22(6)34(36(10,11)12)39-31(26)29-27(23-15-18(2)37-16-23)19(3)25-21(5)33(35(7,8)9)40-32(25)30(28)29/h13-16H,1-12H3. The number of thiophene rings is 4. The zero-order chi connectivity index (χ0) is 29.0. The van der Waals surface area contributed by atoms with Crippen molar-refractivity contribution < 1.29 is 0 Å². The SMILES string of the molecule is Cc1cc(-c2c(C)c3c(C)c(C(C)(C)C)sc3c3c(-c4ccc(C)s4)c(C)c4c(C)c(C(C)(C)C)sc4c23)cs1. The van der Waals surface area contributed by atoms with Crippen LogP contribution in [-0.2, 0) is 10.8 Å². The number of fused-ring (bicyclic) bond motifs is 5. The topological polar surface area (TPSA) is 0 Å². The molecule has 4 heteroatoms. The number of benzene rings is 2. The van der Waals surface area contributed by atoms with Gasteiger partial charge in [0.15, 0.2) is 0 Å². The lowest BCUT2D eigenvalue weighted by atomic mass is 9.84. The second-order valence-corrected chi connectivity index (χ2v) is 18.1. The van der Waals surface area contributed by atoms with Crippen LogP contribution in [0.2, 0.25) is 0 Å². The molecule has 4 heterocycles. The fourth-order valence-electron chi connectivity index (χ4n) is 6.85. The van der Waals surface area contributed by atoms with E-state index in [1.807, 2.05) is 45.3 Å². The van der Waals surface area contributed by atoms with E-state index in [1.165, 1.54) is 94.3 Å². The van der Waals surface area contributed by atoms with E-state index in [4.69, 9.17) is 0 Å². The molecule has 0 atom stereocenters. The molecule has 0 aliphatic heterocycles. The van der Waals surface area contributed by atoms with Crippen LogP contribution < -0.4 is 0 Å². The molecule has 6 aromatic rings. The van der Waals surface area contributed by atoms with Crippen LogP contribution in [0.3, 0.4) is 0 Å². The normalized spacial score (nSPS) is 13.0. The van der Waals surface area contributed by atoms with Crippen molar-refractivity contribution in [1.82, 2.24) is 0 Å². The Bertz CT molecular complexity index is 1820. The molecule has 0 bridgehead atoms. The van der Waals surface area contributed by atoms with Crippen molar-refractivity contribution in [3.63, 3.8) is 0 Å². The Labute approximate surface area is 255 Å². The average molecular weight is 601 g/mol. The highest BCUT2D eigenvalue weighted by Crippen LogP contribution is 2.56. The summed E-state index contributed by atoms with van der Waals surface area (Å²) in [5.74, 6) is 0. The van der Waals surface area contributed by atoms with Crippen molar-refractivity contribution in [2.45, 2.75) is 93.9 Å². The van der Waals surface area contributed by atoms with E-state index in [9.17, 15) is 0 Å². The number of hydrogen-bond donors (Lipinski definition) is 0. The first-order valence-electron chi connectivity index (χ1n) is 14.2. The second kappa shape index (κ2) is 9.26. The maximum atomic E-state index is 2.41. The van der Waals surface area contributed by atoms with E-state index in [2.05, 4.69) is 107 Å². The summed E-state index contributed by atoms with van der Waals surface area (Å²) in [5, 5.41) is 8.27. The van der Waals surface area contributed by atoms with Crippen molar-refractivity contribution in [3.05, 3.63) is 65.3 Å². The van der Waals surface area contributed by atoms with Gasteiger partial charge in [-0.25, -0.2) is 0 Å². The van der Waals surface area contributed by atoms with Crippen LogP contribution in [0.4, 0.5) is 0 Å². The monoisotopic (exact) mass is 600 g/mol. The van der Waals surface area contributed by atoms with Crippen LogP contribution in [0, 0.1) is 41.5 Å². The van der Waals surface area contributed by atoms with Crippen molar-refractivity contribution in [2.24, 2.45) is 0 Å². The van der Waals surface area contributed by atoms with E-state index in [1.54, 1.807) is 0 Å². The molecule has 0 saturated carbocycles. The Morgan fingerprint density at radius 3 is 1.45 bits per heavy atom. The van der Waals surface area contributed by atoms with Gasteiger partial charge in [-0.05, 0) is 120 Å². The average Bonchev–Trinajstić information content (AvgIpc) is 3.60. The van der Waals surface area contributed by atoms with E-state index in [-0.39, 0.29) is 10.8 Å². The Balaban J connectivity index is 2.01. The Hall–Kier alpha value is -1.98. The van der Waals surface area contributed by atoms with Crippen molar-refractivity contribution >= 4 is 76.3 Å². The fourth-order valence-corrected chi connectivity index (χ4v) is 11.5. The van der Waals surface area contributed by atoms with Gasteiger partial charge in [0.1, 0.15) is 0 Å². The first-order chi connectivity index (χ1) is 18.6. The Morgan fingerprint density at radius 2 is 1.02 bits per heavy atom. The fraction of sp³-hybridized carbons (Fsp3) is 0.389. The molecule has 2 aromatic carbocycles. The molecule has 0 spiro atoms. The summed E-state index contributed by atoms with van der Waals surface area (Å²) in [6.45, 7) is 28.2. The minimum atomic E-state index is 0.101. The largest absolute Gasteiger partial charge is 0.149 e. The molecule has 0 nitrogen and oxygen atoms in total. The van der Waals surface area contributed by atoms with Gasteiger partial charge >= 0.3 is 0 Å². The quantitative estimate of drug-likeness (QED) is 0.185. The smallest absolute Gasteiger partial charge is 0.0437 e. The van der Waals surface area contributed by atoms with Crippen molar-refractivity contribution in [2.75, 3.05) is 0 Å². The van der Waals surface area contributed by atoms with Gasteiger partial charge in [-0.1, -0.05) is 41.5 Å². The molecule has 0 fully saturated rings. The molecule has 40 heavy (non-hydrogen) atoms. The highest BCUT2D eigenvalue weighted by molar-refractivity contribution is 7.22. The van der Waals surface area contributed by atoms with Gasteiger partial charge in [-0.3, -0.25) is 0 Å². The molecule has 6 rings (SSSR count). The molecule has 0 aliphatic carbocycles. The minimum Gasteiger partial charge on any atom is -0.149 e. The third kappa shape index (κ3) is 4.08. The summed E-state index contributed by atoms with van der Waals surface area (Å²) < 4.78 is 2.94. The van der Waals surface area contributed by atoms with Crippen LogP contribution >= 0.6 is 45.3 Å². The van der Waals surface area contributed by atoms with E-state index >= 15 is 0 Å². The minimum absolute atomic E-state index is 0.101. The Morgan fingerprint density at radius 1 is 0.525 bits per heavy atom. The molecule has 0 saturated heterocycles. The van der Waals surface area contributed by atoms with Gasteiger partial charge in [0.25, 0.3) is 0 Å². The first-order valence-corrected chi connectivity index (χ1v) is 17.5. The summed E-state index contributed by atoms with van der Waals surface area (Å²) in [6.07, 6.45) is 0. The van der Waals surface area contributed by atoms with E-state index in [0.29, 0.717) is 0 Å². The third-order valence-electron chi connectivity index (χ3n) is 8.37. The van der Waals surface area contributed by atoms with Crippen LogP contribution in [0.5, 0.6) is 0 Å². The zero-order valence-electron chi connectivity index (χ0n) is 25.9. The van der Waals surface area contributed by atoms with Gasteiger partial charge in [0.05, 0.1) is 0 Å². The summed E-state index contributed by atoms with van der Waals surface area (Å²) in [7, 11) is 0. The zero-order valence-corrected chi connectivity index (χ0v) is 29.2. The highest BCUT2D eigenvalue weighted by atomic mass is 32.1. The van der Waals surface area contributed by atoms with Crippen LogP contribution in [0.15, 0.2) is 23.6 Å². The highest BCUT2D eigenvalue weighted by Gasteiger charge is 2.31. The van der Waals surface area contributed by atoms with Crippen LogP contribution in [-0.4, -0.2) is 0 Å². The summed E-state index contributed by atoms with van der Waals surface area (Å²) in [5.41, 5.74) is 10.3. The van der Waals surface area contributed by atoms with Crippen molar-refractivity contribution in [1.29, 1.82) is 0 Å². The molecule has 4 aromatic heterocycles. The second-order valence-electron chi connectivity index (χ2n) is 13.6. The van der Waals surface area contributed by atoms with Gasteiger partial charge in [-0.15, -0.1) is 45.3 Å².